The Kier molecular flexibility index (Phi) is 6.06. The van der Waals surface area contributed by atoms with Crippen molar-refractivity contribution in [2.75, 3.05) is 40.4 Å². The molecule has 1 N–H and O–H groups in total. The zero-order valence-corrected chi connectivity index (χ0v) is 14.1. The van der Waals surface area contributed by atoms with Crippen molar-refractivity contribution >= 4 is 11.6 Å². The second-order valence-corrected chi connectivity index (χ2v) is 6.71. The van der Waals surface area contributed by atoms with Gasteiger partial charge in [-0.05, 0) is 45.5 Å². The Balaban J connectivity index is 2.08. The quantitative estimate of drug-likeness (QED) is 0.872. The van der Waals surface area contributed by atoms with E-state index < -0.39 is 0 Å². The average Bonchev–Trinajstić information content (AvgIpc) is 2.48. The van der Waals surface area contributed by atoms with Crippen LogP contribution in [0.25, 0.3) is 0 Å². The van der Waals surface area contributed by atoms with Crippen molar-refractivity contribution in [1.29, 1.82) is 0 Å². The van der Waals surface area contributed by atoms with E-state index in [1.807, 2.05) is 19.2 Å². The molecule has 2 atom stereocenters. The van der Waals surface area contributed by atoms with E-state index in [1.54, 1.807) is 0 Å². The number of nitrogens with zero attached hydrogens (tertiary/aromatic N) is 1. The van der Waals surface area contributed by atoms with Gasteiger partial charge in [0.15, 0.2) is 0 Å². The van der Waals surface area contributed by atoms with Crippen molar-refractivity contribution in [1.82, 2.24) is 10.2 Å². The van der Waals surface area contributed by atoms with Crippen LogP contribution < -0.4 is 5.32 Å². The fraction of sp³-hybridized carbons (Fsp3) is 0.647. The molecule has 4 heteroatoms. The molecule has 0 saturated carbocycles. The largest absolute Gasteiger partial charge is 0.381 e. The first-order valence-electron chi connectivity index (χ1n) is 7.75. The van der Waals surface area contributed by atoms with E-state index in [9.17, 15) is 0 Å². The second kappa shape index (κ2) is 7.59. The van der Waals surface area contributed by atoms with E-state index in [0.29, 0.717) is 6.04 Å². The summed E-state index contributed by atoms with van der Waals surface area (Å²) in [7, 11) is 4.20. The van der Waals surface area contributed by atoms with Gasteiger partial charge in [0.05, 0.1) is 6.61 Å². The highest BCUT2D eigenvalue weighted by atomic mass is 35.5. The van der Waals surface area contributed by atoms with Gasteiger partial charge in [-0.3, -0.25) is 4.90 Å². The number of ether oxygens (including phenoxy) is 1. The Morgan fingerprint density at radius 3 is 2.81 bits per heavy atom. The van der Waals surface area contributed by atoms with Crippen molar-refractivity contribution in [3.63, 3.8) is 0 Å². The van der Waals surface area contributed by atoms with Gasteiger partial charge in [-0.1, -0.05) is 29.8 Å². The maximum atomic E-state index is 6.34. The molecule has 0 bridgehead atoms. The molecular weight excluding hydrogens is 284 g/mol. The lowest BCUT2D eigenvalue weighted by atomic mass is 9.81. The highest BCUT2D eigenvalue weighted by Crippen LogP contribution is 2.33. The van der Waals surface area contributed by atoms with Crippen LogP contribution in [0.3, 0.4) is 0 Å². The first-order valence-corrected chi connectivity index (χ1v) is 8.13. The van der Waals surface area contributed by atoms with Gasteiger partial charge in [0.25, 0.3) is 0 Å². The highest BCUT2D eigenvalue weighted by Gasteiger charge is 2.34. The zero-order chi connectivity index (χ0) is 15.3. The molecule has 0 radical (unpaired) electrons. The van der Waals surface area contributed by atoms with Gasteiger partial charge in [-0.25, -0.2) is 0 Å². The lowest BCUT2D eigenvalue weighted by molar-refractivity contribution is -0.0266. The van der Waals surface area contributed by atoms with Gasteiger partial charge < -0.3 is 10.1 Å². The predicted molar refractivity (Wildman–Crippen MR) is 88.9 cm³/mol. The summed E-state index contributed by atoms with van der Waals surface area (Å²) in [5, 5.41) is 4.19. The van der Waals surface area contributed by atoms with Crippen LogP contribution >= 0.6 is 11.6 Å². The molecule has 1 aliphatic rings. The molecule has 0 aliphatic carbocycles. The molecule has 21 heavy (non-hydrogen) atoms. The van der Waals surface area contributed by atoms with Gasteiger partial charge in [0.2, 0.25) is 0 Å². The van der Waals surface area contributed by atoms with Crippen LogP contribution in [0.5, 0.6) is 0 Å². The van der Waals surface area contributed by atoms with Crippen LogP contribution in [0.4, 0.5) is 0 Å². The Morgan fingerprint density at radius 2 is 2.19 bits per heavy atom. The third-order valence-electron chi connectivity index (χ3n) is 4.56. The van der Waals surface area contributed by atoms with E-state index in [0.717, 1.165) is 37.7 Å². The third kappa shape index (κ3) is 4.19. The Bertz CT molecular complexity index is 441. The molecule has 3 nitrogen and oxygen atoms in total. The molecule has 2 rings (SSSR count). The number of hydrogen-bond acceptors (Lipinski definition) is 3. The minimum atomic E-state index is 0.206. The summed E-state index contributed by atoms with van der Waals surface area (Å²) in [5.41, 5.74) is 1.40. The Hall–Kier alpha value is -0.610. The second-order valence-electron chi connectivity index (χ2n) is 6.30. The maximum absolute atomic E-state index is 6.34. The zero-order valence-electron chi connectivity index (χ0n) is 13.4. The van der Waals surface area contributed by atoms with Crippen molar-refractivity contribution in [3.05, 3.63) is 34.9 Å². The molecule has 118 valence electrons. The fourth-order valence-electron chi connectivity index (χ4n) is 3.32. The molecular formula is C17H27ClN2O. The maximum Gasteiger partial charge on any atom is 0.0546 e. The number of halogens is 1. The minimum absolute atomic E-state index is 0.206. The van der Waals surface area contributed by atoms with E-state index in [2.05, 4.69) is 36.3 Å². The van der Waals surface area contributed by atoms with Crippen molar-refractivity contribution in [3.8, 4) is 0 Å². The topological polar surface area (TPSA) is 24.5 Å². The van der Waals surface area contributed by atoms with Crippen LogP contribution in [-0.4, -0.2) is 45.3 Å². The van der Waals surface area contributed by atoms with E-state index >= 15 is 0 Å². The Morgan fingerprint density at radius 1 is 1.43 bits per heavy atom. The molecule has 2 unspecified atom stereocenters. The van der Waals surface area contributed by atoms with Crippen LogP contribution in [0.2, 0.25) is 5.02 Å². The summed E-state index contributed by atoms with van der Waals surface area (Å²) >= 11 is 6.34. The lowest BCUT2D eigenvalue weighted by Gasteiger charge is -2.41. The van der Waals surface area contributed by atoms with Crippen LogP contribution in [-0.2, 0) is 4.74 Å². The minimum Gasteiger partial charge on any atom is -0.381 e. The highest BCUT2D eigenvalue weighted by molar-refractivity contribution is 6.31. The van der Waals surface area contributed by atoms with Gasteiger partial charge in [0.1, 0.15) is 0 Å². The summed E-state index contributed by atoms with van der Waals surface area (Å²) in [4.78, 5) is 2.40. The van der Waals surface area contributed by atoms with Crippen molar-refractivity contribution in [2.24, 2.45) is 5.41 Å². The monoisotopic (exact) mass is 310 g/mol. The summed E-state index contributed by atoms with van der Waals surface area (Å²) in [5.74, 6) is 0. The summed E-state index contributed by atoms with van der Waals surface area (Å²) in [6, 6.07) is 8.42. The van der Waals surface area contributed by atoms with Gasteiger partial charge >= 0.3 is 0 Å². The fourth-order valence-corrected chi connectivity index (χ4v) is 3.62. The summed E-state index contributed by atoms with van der Waals surface area (Å²) < 4.78 is 5.76. The number of rotatable bonds is 6. The number of nitrogens with one attached hydrogen (secondary N) is 1. The Labute approximate surface area is 133 Å². The number of hydrogen-bond donors (Lipinski definition) is 1. The smallest absolute Gasteiger partial charge is 0.0546 e. The van der Waals surface area contributed by atoms with Crippen molar-refractivity contribution < 1.29 is 4.74 Å². The normalized spacial score (nSPS) is 24.2. The molecule has 0 amide bonds. The van der Waals surface area contributed by atoms with Gasteiger partial charge in [0, 0.05) is 36.2 Å². The van der Waals surface area contributed by atoms with Gasteiger partial charge in [-0.15, -0.1) is 0 Å². The molecule has 1 aromatic rings. The summed E-state index contributed by atoms with van der Waals surface area (Å²) in [6.45, 7) is 5.97. The van der Waals surface area contributed by atoms with Crippen LogP contribution in [0.15, 0.2) is 24.3 Å². The predicted octanol–water partition coefficient (Wildman–Crippen LogP) is 3.35. The van der Waals surface area contributed by atoms with Crippen LogP contribution in [0.1, 0.15) is 31.4 Å². The summed E-state index contributed by atoms with van der Waals surface area (Å²) in [6.07, 6.45) is 2.36. The first kappa shape index (κ1) is 16.8. The third-order valence-corrected chi connectivity index (χ3v) is 4.90. The van der Waals surface area contributed by atoms with Crippen LogP contribution in [0, 0.1) is 5.41 Å². The average molecular weight is 311 g/mol. The first-order chi connectivity index (χ1) is 10.1. The lowest BCUT2D eigenvalue weighted by Crippen LogP contribution is -2.48. The van der Waals surface area contributed by atoms with E-state index in [1.165, 1.54) is 12.0 Å². The molecule has 1 fully saturated rings. The molecule has 1 aliphatic heterocycles. The van der Waals surface area contributed by atoms with Crippen molar-refractivity contribution in [2.45, 2.75) is 25.8 Å². The molecule has 0 spiro atoms. The molecule has 1 aromatic carbocycles. The number of benzene rings is 1. The van der Waals surface area contributed by atoms with E-state index in [4.69, 9.17) is 16.3 Å². The van der Waals surface area contributed by atoms with Gasteiger partial charge in [-0.2, -0.15) is 0 Å². The SMILES string of the molecule is CNCC1(CN(C)C(C)c2ccccc2Cl)CCCOC1. The standard InChI is InChI=1S/C17H27ClN2O/c1-14(15-7-4-5-8-16(15)18)20(3)12-17(11-19-2)9-6-10-21-13-17/h4-5,7-8,14,19H,6,9-13H2,1-3H3. The molecule has 1 saturated heterocycles. The molecule has 1 heterocycles. The van der Waals surface area contributed by atoms with E-state index in [-0.39, 0.29) is 5.41 Å². The molecule has 0 aromatic heterocycles.